The lowest BCUT2D eigenvalue weighted by Gasteiger charge is -2.25. The zero-order valence-corrected chi connectivity index (χ0v) is 9.10. The van der Waals surface area contributed by atoms with Crippen LogP contribution >= 0.6 is 0 Å². The van der Waals surface area contributed by atoms with Crippen molar-refractivity contribution >= 4 is 5.91 Å². The maximum atomic E-state index is 11.7. The summed E-state index contributed by atoms with van der Waals surface area (Å²) in [6.45, 7) is 8.45. The first-order valence-electron chi connectivity index (χ1n) is 5.33. The van der Waals surface area contributed by atoms with E-state index in [1.165, 1.54) is 12.8 Å². The molecule has 2 nitrogen and oxygen atoms in total. The van der Waals surface area contributed by atoms with Gasteiger partial charge in [0.25, 0.3) is 0 Å². The average molecular weight is 183 g/mol. The maximum absolute atomic E-state index is 11.7. The van der Waals surface area contributed by atoms with Crippen molar-refractivity contribution in [2.24, 2.45) is 5.41 Å². The number of likely N-dealkylation sites (tertiary alicyclic amines) is 1. The van der Waals surface area contributed by atoms with Crippen LogP contribution in [0.5, 0.6) is 0 Å². The van der Waals surface area contributed by atoms with Gasteiger partial charge in [-0.3, -0.25) is 4.79 Å². The van der Waals surface area contributed by atoms with Crippen molar-refractivity contribution in [2.75, 3.05) is 13.1 Å². The number of carbonyl (C=O) groups is 1. The fourth-order valence-corrected chi connectivity index (χ4v) is 1.61. The van der Waals surface area contributed by atoms with Gasteiger partial charge in [0.1, 0.15) is 0 Å². The van der Waals surface area contributed by atoms with E-state index < -0.39 is 0 Å². The van der Waals surface area contributed by atoms with E-state index in [0.29, 0.717) is 12.3 Å². The van der Waals surface area contributed by atoms with Crippen molar-refractivity contribution in [3.63, 3.8) is 0 Å². The molecular weight excluding hydrogens is 162 g/mol. The van der Waals surface area contributed by atoms with E-state index in [4.69, 9.17) is 0 Å². The third-order valence-corrected chi connectivity index (χ3v) is 3.05. The molecule has 0 atom stereocenters. The van der Waals surface area contributed by atoms with Crippen molar-refractivity contribution in [1.82, 2.24) is 4.90 Å². The van der Waals surface area contributed by atoms with Crippen LogP contribution in [0.4, 0.5) is 0 Å². The van der Waals surface area contributed by atoms with Crippen molar-refractivity contribution < 1.29 is 4.79 Å². The molecule has 0 aromatic carbocycles. The number of nitrogens with zero attached hydrogens (tertiary/aromatic N) is 1. The number of hydrogen-bond acceptors (Lipinski definition) is 1. The maximum Gasteiger partial charge on any atom is 0.223 e. The third kappa shape index (κ3) is 3.02. The van der Waals surface area contributed by atoms with Gasteiger partial charge < -0.3 is 4.90 Å². The van der Waals surface area contributed by atoms with Gasteiger partial charge in [-0.05, 0) is 18.3 Å². The number of amides is 1. The summed E-state index contributed by atoms with van der Waals surface area (Å²) in [5, 5.41) is 0. The Balaban J connectivity index is 2.40. The van der Waals surface area contributed by atoms with Gasteiger partial charge in [0.15, 0.2) is 0 Å². The van der Waals surface area contributed by atoms with Gasteiger partial charge in [-0.1, -0.05) is 27.2 Å². The van der Waals surface area contributed by atoms with Crippen molar-refractivity contribution in [3.05, 3.63) is 0 Å². The van der Waals surface area contributed by atoms with Crippen LogP contribution in [0.2, 0.25) is 0 Å². The van der Waals surface area contributed by atoms with Crippen LogP contribution in [0, 0.1) is 5.41 Å². The quantitative estimate of drug-likeness (QED) is 0.658. The van der Waals surface area contributed by atoms with E-state index in [1.54, 1.807) is 0 Å². The Morgan fingerprint density at radius 1 is 1.31 bits per heavy atom. The largest absolute Gasteiger partial charge is 0.343 e. The molecule has 0 aliphatic carbocycles. The van der Waals surface area contributed by atoms with E-state index in [1.807, 2.05) is 4.90 Å². The van der Waals surface area contributed by atoms with Crippen LogP contribution in [0.1, 0.15) is 46.5 Å². The second-order valence-corrected chi connectivity index (χ2v) is 4.78. The molecule has 0 radical (unpaired) electrons. The van der Waals surface area contributed by atoms with E-state index >= 15 is 0 Å². The summed E-state index contributed by atoms with van der Waals surface area (Å²) in [6.07, 6.45) is 4.17. The highest BCUT2D eigenvalue weighted by Crippen LogP contribution is 2.26. The molecule has 0 aromatic rings. The highest BCUT2D eigenvalue weighted by atomic mass is 16.2. The third-order valence-electron chi connectivity index (χ3n) is 3.05. The Hall–Kier alpha value is -0.530. The van der Waals surface area contributed by atoms with Crippen LogP contribution in [0.25, 0.3) is 0 Å². The summed E-state index contributed by atoms with van der Waals surface area (Å²) in [4.78, 5) is 13.8. The Labute approximate surface area is 81.3 Å². The normalized spacial score (nSPS) is 17.9. The van der Waals surface area contributed by atoms with Crippen molar-refractivity contribution in [3.8, 4) is 0 Å². The predicted molar refractivity (Wildman–Crippen MR) is 54.5 cm³/mol. The molecule has 1 heterocycles. The standard InChI is InChI=1S/C11H21NO/c1-4-11(2,3)9-10(13)12-7-5-6-8-12/h4-9H2,1-3H3. The first-order chi connectivity index (χ1) is 6.05. The molecular formula is C11H21NO. The van der Waals surface area contributed by atoms with E-state index in [2.05, 4.69) is 20.8 Å². The molecule has 2 heteroatoms. The van der Waals surface area contributed by atoms with E-state index in [-0.39, 0.29) is 5.41 Å². The van der Waals surface area contributed by atoms with Crippen LogP contribution in [0.3, 0.4) is 0 Å². The van der Waals surface area contributed by atoms with Crippen molar-refractivity contribution in [2.45, 2.75) is 46.5 Å². The van der Waals surface area contributed by atoms with Crippen LogP contribution in [-0.2, 0) is 4.79 Å². The minimum atomic E-state index is 0.180. The molecule has 0 unspecified atom stereocenters. The summed E-state index contributed by atoms with van der Waals surface area (Å²) >= 11 is 0. The Morgan fingerprint density at radius 2 is 1.85 bits per heavy atom. The van der Waals surface area contributed by atoms with E-state index in [0.717, 1.165) is 19.5 Å². The first kappa shape index (κ1) is 10.6. The SMILES string of the molecule is CCC(C)(C)CC(=O)N1CCCC1. The molecule has 0 N–H and O–H groups in total. The molecule has 1 saturated heterocycles. The first-order valence-corrected chi connectivity index (χ1v) is 5.33. The number of hydrogen-bond donors (Lipinski definition) is 0. The fourth-order valence-electron chi connectivity index (χ4n) is 1.61. The highest BCUT2D eigenvalue weighted by molar-refractivity contribution is 5.77. The molecule has 1 rings (SSSR count). The molecule has 0 saturated carbocycles. The molecule has 1 amide bonds. The zero-order valence-electron chi connectivity index (χ0n) is 9.10. The molecule has 0 spiro atoms. The summed E-state index contributed by atoms with van der Waals surface area (Å²) in [7, 11) is 0. The highest BCUT2D eigenvalue weighted by Gasteiger charge is 2.24. The van der Waals surface area contributed by atoms with Crippen LogP contribution < -0.4 is 0 Å². The lowest BCUT2D eigenvalue weighted by molar-refractivity contribution is -0.132. The zero-order chi connectivity index (χ0) is 9.90. The Kier molecular flexibility index (Phi) is 3.34. The average Bonchev–Trinajstić information content (AvgIpc) is 2.55. The lowest BCUT2D eigenvalue weighted by atomic mass is 9.86. The molecule has 0 aromatic heterocycles. The molecule has 13 heavy (non-hydrogen) atoms. The van der Waals surface area contributed by atoms with Gasteiger partial charge in [-0.15, -0.1) is 0 Å². The number of rotatable bonds is 3. The van der Waals surface area contributed by atoms with Gasteiger partial charge in [0.2, 0.25) is 5.91 Å². The van der Waals surface area contributed by atoms with Crippen LogP contribution in [0.15, 0.2) is 0 Å². The number of carbonyl (C=O) groups excluding carboxylic acids is 1. The molecule has 1 aliphatic rings. The van der Waals surface area contributed by atoms with Gasteiger partial charge >= 0.3 is 0 Å². The second kappa shape index (κ2) is 4.12. The van der Waals surface area contributed by atoms with E-state index in [9.17, 15) is 4.79 Å². The molecule has 76 valence electrons. The Morgan fingerprint density at radius 3 is 2.31 bits per heavy atom. The summed E-state index contributed by atoms with van der Waals surface area (Å²) < 4.78 is 0. The minimum Gasteiger partial charge on any atom is -0.343 e. The molecule has 0 bridgehead atoms. The van der Waals surface area contributed by atoms with Gasteiger partial charge in [-0.25, -0.2) is 0 Å². The monoisotopic (exact) mass is 183 g/mol. The topological polar surface area (TPSA) is 20.3 Å². The van der Waals surface area contributed by atoms with Crippen LogP contribution in [-0.4, -0.2) is 23.9 Å². The molecule has 1 aliphatic heterocycles. The predicted octanol–water partition coefficient (Wildman–Crippen LogP) is 2.44. The van der Waals surface area contributed by atoms with Gasteiger partial charge in [-0.2, -0.15) is 0 Å². The summed E-state index contributed by atoms with van der Waals surface area (Å²) in [6, 6.07) is 0. The lowest BCUT2D eigenvalue weighted by Crippen LogP contribution is -2.31. The smallest absolute Gasteiger partial charge is 0.223 e. The summed E-state index contributed by atoms with van der Waals surface area (Å²) in [5.74, 6) is 0.351. The molecule has 1 fully saturated rings. The fraction of sp³-hybridized carbons (Fsp3) is 0.909. The Bertz CT molecular complexity index is 181. The van der Waals surface area contributed by atoms with Crippen molar-refractivity contribution in [1.29, 1.82) is 0 Å². The minimum absolute atomic E-state index is 0.180. The second-order valence-electron chi connectivity index (χ2n) is 4.78. The van der Waals surface area contributed by atoms with Gasteiger partial charge in [0, 0.05) is 19.5 Å². The van der Waals surface area contributed by atoms with Gasteiger partial charge in [0.05, 0.1) is 0 Å². The summed E-state index contributed by atoms with van der Waals surface area (Å²) in [5.41, 5.74) is 0.180.